The van der Waals surface area contributed by atoms with Crippen molar-refractivity contribution in [2.45, 2.75) is 12.3 Å². The molecule has 0 aliphatic heterocycles. The second-order valence-corrected chi connectivity index (χ2v) is 5.34. The molecule has 0 radical (unpaired) electrons. The van der Waals surface area contributed by atoms with Crippen LogP contribution in [0.3, 0.4) is 0 Å². The highest BCUT2D eigenvalue weighted by atomic mass is 16.4. The Kier molecular flexibility index (Phi) is 2.54. The summed E-state index contributed by atoms with van der Waals surface area (Å²) in [6.45, 7) is 0. The van der Waals surface area contributed by atoms with E-state index in [2.05, 4.69) is 23.2 Å². The minimum absolute atomic E-state index is 0.520. The number of pyridine rings is 1. The molecule has 4 rings (SSSR count). The van der Waals surface area contributed by atoms with Crippen LogP contribution in [0.25, 0.3) is 27.6 Å². The van der Waals surface area contributed by atoms with Crippen LogP contribution in [0, 0.1) is 0 Å². The molecule has 1 N–H and O–H groups in total. The smallest absolute Gasteiger partial charge is 0.311 e. The largest absolute Gasteiger partial charge is 0.481 e. The maximum absolute atomic E-state index is 11.6. The quantitative estimate of drug-likeness (QED) is 0.683. The summed E-state index contributed by atoms with van der Waals surface area (Å²) in [5.41, 5.74) is 1.62. The fourth-order valence-electron chi connectivity index (χ4n) is 3.18. The summed E-state index contributed by atoms with van der Waals surface area (Å²) in [5, 5.41) is 13.8. The second-order valence-electron chi connectivity index (χ2n) is 5.34. The van der Waals surface area contributed by atoms with Gasteiger partial charge in [-0.2, -0.15) is 0 Å². The number of hydrogen-bond donors (Lipinski definition) is 1. The van der Waals surface area contributed by atoms with Crippen molar-refractivity contribution in [2.75, 3.05) is 0 Å². The number of hydrogen-bond acceptors (Lipinski definition) is 2. The summed E-state index contributed by atoms with van der Waals surface area (Å²) in [5.74, 6) is -1.31. The Morgan fingerprint density at radius 1 is 1.14 bits per heavy atom. The number of nitrogens with zero attached hydrogens (tertiary/aromatic N) is 1. The first kappa shape index (κ1) is 12.1. The van der Waals surface area contributed by atoms with E-state index in [9.17, 15) is 9.90 Å². The van der Waals surface area contributed by atoms with Gasteiger partial charge in [0.2, 0.25) is 0 Å². The third-order valence-electron chi connectivity index (χ3n) is 4.14. The van der Waals surface area contributed by atoms with E-state index in [-0.39, 0.29) is 0 Å². The lowest BCUT2D eigenvalue weighted by Gasteiger charge is -2.20. The van der Waals surface area contributed by atoms with E-state index in [1.165, 1.54) is 0 Å². The molecule has 102 valence electrons. The van der Waals surface area contributed by atoms with Gasteiger partial charge in [-0.3, -0.25) is 9.78 Å². The van der Waals surface area contributed by atoms with Crippen LogP contribution in [0.2, 0.25) is 0 Å². The van der Waals surface area contributed by atoms with E-state index in [0.29, 0.717) is 6.42 Å². The number of aromatic nitrogens is 1. The molecule has 1 atom stereocenters. The molecule has 1 heterocycles. The molecule has 0 saturated heterocycles. The Balaban J connectivity index is 2.21. The number of carboxylic acids is 1. The van der Waals surface area contributed by atoms with Crippen molar-refractivity contribution in [3.63, 3.8) is 0 Å². The minimum Gasteiger partial charge on any atom is -0.481 e. The zero-order chi connectivity index (χ0) is 14.4. The van der Waals surface area contributed by atoms with Crippen LogP contribution in [-0.4, -0.2) is 16.1 Å². The highest BCUT2D eigenvalue weighted by Gasteiger charge is 2.27. The third kappa shape index (κ3) is 1.74. The van der Waals surface area contributed by atoms with Crippen molar-refractivity contribution in [2.24, 2.45) is 0 Å². The van der Waals surface area contributed by atoms with Crippen LogP contribution >= 0.6 is 0 Å². The third-order valence-corrected chi connectivity index (χ3v) is 4.14. The van der Waals surface area contributed by atoms with E-state index in [1.807, 2.05) is 36.5 Å². The zero-order valence-electron chi connectivity index (χ0n) is 11.3. The van der Waals surface area contributed by atoms with Gasteiger partial charge in [0.15, 0.2) is 0 Å². The molecule has 0 saturated carbocycles. The van der Waals surface area contributed by atoms with Crippen LogP contribution in [0.4, 0.5) is 0 Å². The molecule has 3 aromatic rings. The first-order valence-corrected chi connectivity index (χ1v) is 6.95. The van der Waals surface area contributed by atoms with Gasteiger partial charge < -0.3 is 5.11 Å². The summed E-state index contributed by atoms with van der Waals surface area (Å²) in [6, 6.07) is 12.2. The van der Waals surface area contributed by atoms with Gasteiger partial charge in [-0.05, 0) is 28.7 Å². The highest BCUT2D eigenvalue weighted by molar-refractivity contribution is 6.11. The van der Waals surface area contributed by atoms with Gasteiger partial charge in [-0.25, -0.2) is 0 Å². The van der Waals surface area contributed by atoms with E-state index < -0.39 is 11.9 Å². The van der Waals surface area contributed by atoms with Crippen LogP contribution in [0.5, 0.6) is 0 Å². The molecule has 1 aliphatic carbocycles. The number of carboxylic acid groups (broad SMARTS) is 1. The van der Waals surface area contributed by atoms with Gasteiger partial charge in [-0.1, -0.05) is 42.5 Å². The lowest BCUT2D eigenvalue weighted by atomic mass is 9.85. The molecular weight excluding hydrogens is 262 g/mol. The predicted octanol–water partition coefficient (Wildman–Crippen LogP) is 3.97. The molecule has 3 heteroatoms. The summed E-state index contributed by atoms with van der Waals surface area (Å²) < 4.78 is 0. The van der Waals surface area contributed by atoms with Crippen molar-refractivity contribution in [3.05, 3.63) is 59.9 Å². The summed E-state index contributed by atoms with van der Waals surface area (Å²) in [6.07, 6.45) is 6.17. The monoisotopic (exact) mass is 275 g/mol. The van der Waals surface area contributed by atoms with E-state index >= 15 is 0 Å². The Morgan fingerprint density at radius 2 is 1.95 bits per heavy atom. The topological polar surface area (TPSA) is 50.2 Å². The fourth-order valence-corrected chi connectivity index (χ4v) is 3.18. The number of rotatable bonds is 1. The van der Waals surface area contributed by atoms with Gasteiger partial charge in [-0.15, -0.1) is 0 Å². The Morgan fingerprint density at radius 3 is 2.81 bits per heavy atom. The van der Waals surface area contributed by atoms with Crippen LogP contribution in [-0.2, 0) is 4.79 Å². The number of aliphatic carboxylic acids is 1. The Bertz CT molecular complexity index is 912. The molecule has 1 aromatic heterocycles. The van der Waals surface area contributed by atoms with E-state index in [4.69, 9.17) is 0 Å². The van der Waals surface area contributed by atoms with Crippen LogP contribution < -0.4 is 0 Å². The molecule has 21 heavy (non-hydrogen) atoms. The van der Waals surface area contributed by atoms with Crippen molar-refractivity contribution in [1.29, 1.82) is 0 Å². The average Bonchev–Trinajstić information content (AvgIpc) is 2.53. The van der Waals surface area contributed by atoms with Crippen molar-refractivity contribution < 1.29 is 9.90 Å². The SMILES string of the molecule is O=C(O)C1CC=Cc2ncc3ccc4ccccc4c3c21. The molecule has 0 bridgehead atoms. The lowest BCUT2D eigenvalue weighted by molar-refractivity contribution is -0.138. The number of benzene rings is 2. The van der Waals surface area contributed by atoms with Crippen molar-refractivity contribution >= 4 is 33.6 Å². The molecular formula is C18H13NO2. The first-order valence-electron chi connectivity index (χ1n) is 6.95. The number of allylic oxidation sites excluding steroid dienone is 1. The average molecular weight is 275 g/mol. The highest BCUT2D eigenvalue weighted by Crippen LogP contribution is 2.38. The van der Waals surface area contributed by atoms with E-state index in [1.54, 1.807) is 0 Å². The molecule has 0 amide bonds. The molecule has 3 nitrogen and oxygen atoms in total. The van der Waals surface area contributed by atoms with Gasteiger partial charge in [0, 0.05) is 17.1 Å². The van der Waals surface area contributed by atoms with Gasteiger partial charge in [0.1, 0.15) is 0 Å². The molecule has 1 unspecified atom stereocenters. The lowest BCUT2D eigenvalue weighted by Crippen LogP contribution is -2.15. The molecule has 2 aromatic carbocycles. The Labute approximate surface area is 121 Å². The summed E-state index contributed by atoms with van der Waals surface area (Å²) in [7, 11) is 0. The maximum Gasteiger partial charge on any atom is 0.311 e. The van der Waals surface area contributed by atoms with Crippen LogP contribution in [0.1, 0.15) is 23.6 Å². The van der Waals surface area contributed by atoms with Crippen molar-refractivity contribution in [1.82, 2.24) is 4.98 Å². The second kappa shape index (κ2) is 4.42. The van der Waals surface area contributed by atoms with Crippen LogP contribution in [0.15, 0.2) is 48.7 Å². The minimum atomic E-state index is -0.789. The summed E-state index contributed by atoms with van der Waals surface area (Å²) >= 11 is 0. The number of carbonyl (C=O) groups is 1. The molecule has 0 fully saturated rings. The normalized spacial score (nSPS) is 17.0. The Hall–Kier alpha value is -2.68. The number of fused-ring (bicyclic) bond motifs is 5. The van der Waals surface area contributed by atoms with Gasteiger partial charge >= 0.3 is 5.97 Å². The molecule has 1 aliphatic rings. The van der Waals surface area contributed by atoms with Crippen molar-refractivity contribution in [3.8, 4) is 0 Å². The van der Waals surface area contributed by atoms with Gasteiger partial charge in [0.25, 0.3) is 0 Å². The molecule has 0 spiro atoms. The predicted molar refractivity (Wildman–Crippen MR) is 83.3 cm³/mol. The fraction of sp³-hybridized carbons (Fsp3) is 0.111. The van der Waals surface area contributed by atoms with E-state index in [0.717, 1.165) is 32.8 Å². The maximum atomic E-state index is 11.6. The zero-order valence-corrected chi connectivity index (χ0v) is 11.3. The first-order chi connectivity index (χ1) is 10.3. The summed E-state index contributed by atoms with van der Waals surface area (Å²) in [4.78, 5) is 16.1. The standard InChI is InChI=1S/C18H13NO2/c20-18(21)14-6-3-7-15-17(14)16-12(10-19-15)9-8-11-4-1-2-5-13(11)16/h1-5,7-10,14H,6H2,(H,20,21). The van der Waals surface area contributed by atoms with Gasteiger partial charge in [0.05, 0.1) is 11.6 Å².